The Balaban J connectivity index is 1.37. The number of anilines is 1. The van der Waals surface area contributed by atoms with Gasteiger partial charge in [-0.25, -0.2) is 4.79 Å². The second-order valence-corrected chi connectivity index (χ2v) is 6.85. The Hall–Kier alpha value is -2.04. The van der Waals surface area contributed by atoms with Gasteiger partial charge < -0.3 is 15.1 Å². The summed E-state index contributed by atoms with van der Waals surface area (Å²) in [5.74, 6) is 0.246. The lowest BCUT2D eigenvalue weighted by atomic mass is 10.1. The van der Waals surface area contributed by atoms with Gasteiger partial charge in [0.1, 0.15) is 0 Å². The van der Waals surface area contributed by atoms with E-state index >= 15 is 0 Å². The van der Waals surface area contributed by atoms with E-state index in [-0.39, 0.29) is 18.0 Å². The van der Waals surface area contributed by atoms with Crippen molar-refractivity contribution in [2.75, 3.05) is 25.0 Å². The summed E-state index contributed by atoms with van der Waals surface area (Å²) in [6, 6.07) is 6.40. The second-order valence-electron chi connectivity index (χ2n) is 6.85. The third-order valence-corrected chi connectivity index (χ3v) is 5.35. The van der Waals surface area contributed by atoms with Gasteiger partial charge in [0.25, 0.3) is 0 Å². The Morgan fingerprint density at radius 3 is 2.78 bits per heavy atom. The first-order valence-electron chi connectivity index (χ1n) is 8.68. The zero-order valence-electron chi connectivity index (χ0n) is 13.4. The van der Waals surface area contributed by atoms with Crippen molar-refractivity contribution in [1.82, 2.24) is 9.80 Å². The highest BCUT2D eigenvalue weighted by atomic mass is 16.2. The number of hydrogen-bond acceptors (Lipinski definition) is 2. The number of urea groups is 1. The van der Waals surface area contributed by atoms with E-state index in [0.29, 0.717) is 13.0 Å². The molecule has 2 saturated heterocycles. The Labute approximate surface area is 136 Å². The van der Waals surface area contributed by atoms with E-state index in [1.54, 1.807) is 0 Å². The van der Waals surface area contributed by atoms with Gasteiger partial charge in [-0.1, -0.05) is 6.07 Å². The van der Waals surface area contributed by atoms with Gasteiger partial charge in [-0.2, -0.15) is 0 Å². The van der Waals surface area contributed by atoms with Crippen LogP contribution in [0.2, 0.25) is 0 Å². The summed E-state index contributed by atoms with van der Waals surface area (Å²) in [6.07, 6.45) is 5.99. The van der Waals surface area contributed by atoms with Crippen LogP contribution >= 0.6 is 0 Å². The number of likely N-dealkylation sites (tertiary alicyclic amines) is 2. The Kier molecular flexibility index (Phi) is 3.71. The van der Waals surface area contributed by atoms with E-state index in [1.165, 1.54) is 17.5 Å². The molecule has 2 aliphatic heterocycles. The lowest BCUT2D eigenvalue weighted by molar-refractivity contribution is -0.129. The van der Waals surface area contributed by atoms with E-state index in [2.05, 4.69) is 17.4 Å². The van der Waals surface area contributed by atoms with Crippen LogP contribution in [0.5, 0.6) is 0 Å². The average molecular weight is 313 g/mol. The fourth-order valence-electron chi connectivity index (χ4n) is 4.09. The molecule has 0 aromatic heterocycles. The Morgan fingerprint density at radius 1 is 1.09 bits per heavy atom. The number of nitrogens with zero attached hydrogens (tertiary/aromatic N) is 2. The van der Waals surface area contributed by atoms with Crippen LogP contribution in [0.3, 0.4) is 0 Å². The molecule has 23 heavy (non-hydrogen) atoms. The van der Waals surface area contributed by atoms with Gasteiger partial charge >= 0.3 is 6.03 Å². The second kappa shape index (κ2) is 5.87. The Bertz CT molecular complexity index is 643. The minimum Gasteiger partial charge on any atom is -0.338 e. The zero-order valence-corrected chi connectivity index (χ0v) is 13.4. The minimum absolute atomic E-state index is 0.0444. The molecule has 0 bridgehead atoms. The molecule has 5 nitrogen and oxygen atoms in total. The van der Waals surface area contributed by atoms with Gasteiger partial charge in [0.05, 0.1) is 6.04 Å². The predicted octanol–water partition coefficient (Wildman–Crippen LogP) is 2.40. The molecular weight excluding hydrogens is 290 g/mol. The molecule has 1 aromatic rings. The maximum absolute atomic E-state index is 12.5. The third-order valence-electron chi connectivity index (χ3n) is 5.35. The normalized spacial score (nSPS) is 23.5. The summed E-state index contributed by atoms with van der Waals surface area (Å²) in [5, 5.41) is 3.02. The number of aryl methyl sites for hydroxylation is 2. The zero-order chi connectivity index (χ0) is 15.8. The van der Waals surface area contributed by atoms with Crippen LogP contribution in [-0.4, -0.2) is 47.4 Å². The molecule has 5 heteroatoms. The molecule has 3 aliphatic rings. The van der Waals surface area contributed by atoms with E-state index < -0.39 is 0 Å². The van der Waals surface area contributed by atoms with Crippen molar-refractivity contribution in [3.05, 3.63) is 29.3 Å². The van der Waals surface area contributed by atoms with Gasteiger partial charge in [-0.3, -0.25) is 4.79 Å². The first-order chi connectivity index (χ1) is 11.2. The largest absolute Gasteiger partial charge is 0.338 e. The third kappa shape index (κ3) is 2.80. The lowest BCUT2D eigenvalue weighted by Crippen LogP contribution is -2.40. The monoisotopic (exact) mass is 313 g/mol. The molecule has 122 valence electrons. The number of benzene rings is 1. The molecule has 0 saturated carbocycles. The highest BCUT2D eigenvalue weighted by Gasteiger charge is 2.34. The molecule has 1 atom stereocenters. The number of rotatable bonds is 2. The first kappa shape index (κ1) is 14.5. The van der Waals surface area contributed by atoms with Crippen LogP contribution in [0.15, 0.2) is 18.2 Å². The first-order valence-corrected chi connectivity index (χ1v) is 8.68. The predicted molar refractivity (Wildman–Crippen MR) is 88.4 cm³/mol. The maximum Gasteiger partial charge on any atom is 0.321 e. The van der Waals surface area contributed by atoms with Gasteiger partial charge in [0.2, 0.25) is 5.91 Å². The van der Waals surface area contributed by atoms with Crippen LogP contribution in [0.1, 0.15) is 36.8 Å². The molecule has 4 rings (SSSR count). The van der Waals surface area contributed by atoms with Gasteiger partial charge in [-0.05, 0) is 55.4 Å². The van der Waals surface area contributed by atoms with Crippen molar-refractivity contribution in [3.63, 3.8) is 0 Å². The quantitative estimate of drug-likeness (QED) is 0.911. The summed E-state index contributed by atoms with van der Waals surface area (Å²) in [5.41, 5.74) is 3.66. The maximum atomic E-state index is 12.5. The topological polar surface area (TPSA) is 52.7 Å². The van der Waals surface area contributed by atoms with Crippen molar-refractivity contribution in [3.8, 4) is 0 Å². The number of carbonyl (C=O) groups is 2. The van der Waals surface area contributed by atoms with E-state index in [1.807, 2.05) is 15.9 Å². The van der Waals surface area contributed by atoms with Crippen molar-refractivity contribution in [2.24, 2.45) is 0 Å². The van der Waals surface area contributed by atoms with Crippen LogP contribution in [0, 0.1) is 0 Å². The number of amides is 3. The number of fused-ring (bicyclic) bond motifs is 1. The summed E-state index contributed by atoms with van der Waals surface area (Å²) in [6.45, 7) is 2.23. The molecule has 1 aromatic carbocycles. The fourth-order valence-corrected chi connectivity index (χ4v) is 4.09. The number of carbonyl (C=O) groups excluding carboxylic acids is 2. The summed E-state index contributed by atoms with van der Waals surface area (Å²) in [4.78, 5) is 28.1. The summed E-state index contributed by atoms with van der Waals surface area (Å²) in [7, 11) is 0. The summed E-state index contributed by atoms with van der Waals surface area (Å²) < 4.78 is 0. The number of hydrogen-bond donors (Lipinski definition) is 1. The molecule has 0 radical (unpaired) electrons. The van der Waals surface area contributed by atoms with Crippen LogP contribution in [0.25, 0.3) is 0 Å². The lowest BCUT2D eigenvalue weighted by Gasteiger charge is -2.24. The molecule has 1 N–H and O–H groups in total. The smallest absolute Gasteiger partial charge is 0.321 e. The molecule has 3 amide bonds. The van der Waals surface area contributed by atoms with E-state index in [0.717, 1.165) is 44.5 Å². The van der Waals surface area contributed by atoms with Crippen molar-refractivity contribution in [1.29, 1.82) is 0 Å². The van der Waals surface area contributed by atoms with Gasteiger partial charge in [-0.15, -0.1) is 0 Å². The van der Waals surface area contributed by atoms with Crippen LogP contribution in [-0.2, 0) is 17.6 Å². The molecule has 2 fully saturated rings. The van der Waals surface area contributed by atoms with Gasteiger partial charge in [0.15, 0.2) is 0 Å². The van der Waals surface area contributed by atoms with E-state index in [4.69, 9.17) is 0 Å². The molecule has 1 unspecified atom stereocenters. The van der Waals surface area contributed by atoms with Crippen LogP contribution < -0.4 is 5.32 Å². The molecule has 2 heterocycles. The van der Waals surface area contributed by atoms with Crippen LogP contribution in [0.4, 0.5) is 10.5 Å². The minimum atomic E-state index is -0.0444. The summed E-state index contributed by atoms with van der Waals surface area (Å²) >= 11 is 0. The molecular formula is C18H23N3O2. The standard InChI is InChI=1S/C18H23N3O2/c22-17-5-2-9-21(17)16-8-10-20(12-16)18(23)19-15-7-6-13-3-1-4-14(13)11-15/h6-7,11,16H,1-5,8-10,12H2,(H,19,23). The van der Waals surface area contributed by atoms with Crippen molar-refractivity contribution < 1.29 is 9.59 Å². The van der Waals surface area contributed by atoms with Crippen molar-refractivity contribution in [2.45, 2.75) is 44.6 Å². The Morgan fingerprint density at radius 2 is 1.96 bits per heavy atom. The van der Waals surface area contributed by atoms with Crippen molar-refractivity contribution >= 4 is 17.6 Å². The average Bonchev–Trinajstić information content (AvgIpc) is 3.25. The molecule has 0 spiro atoms. The highest BCUT2D eigenvalue weighted by Crippen LogP contribution is 2.26. The SMILES string of the molecule is O=C(Nc1ccc2c(c1)CCC2)N1CCC(N2CCCC2=O)C1. The number of nitrogens with one attached hydrogen (secondary N) is 1. The van der Waals surface area contributed by atoms with E-state index in [9.17, 15) is 9.59 Å². The highest BCUT2D eigenvalue weighted by molar-refractivity contribution is 5.90. The molecule has 1 aliphatic carbocycles. The van der Waals surface area contributed by atoms with Gasteiger partial charge in [0, 0.05) is 31.7 Å². The fraction of sp³-hybridized carbons (Fsp3) is 0.556.